The predicted molar refractivity (Wildman–Crippen MR) is 61.9 cm³/mol. The molecule has 0 heterocycles. The van der Waals surface area contributed by atoms with Crippen molar-refractivity contribution in [1.82, 2.24) is 0 Å². The SMILES string of the molecule is COc1ccc(Cl)cc1C[C@H](CN)C(=O)O. The lowest BCUT2D eigenvalue weighted by atomic mass is 9.99. The summed E-state index contributed by atoms with van der Waals surface area (Å²) in [4.78, 5) is 10.9. The first kappa shape index (κ1) is 12.8. The molecule has 0 amide bonds. The van der Waals surface area contributed by atoms with Crippen molar-refractivity contribution in [2.24, 2.45) is 11.7 Å². The zero-order valence-electron chi connectivity index (χ0n) is 8.94. The zero-order valence-corrected chi connectivity index (χ0v) is 9.70. The maximum atomic E-state index is 10.9. The van der Waals surface area contributed by atoms with E-state index in [1.807, 2.05) is 0 Å². The highest BCUT2D eigenvalue weighted by atomic mass is 35.5. The number of carboxylic acid groups (broad SMARTS) is 1. The molecule has 16 heavy (non-hydrogen) atoms. The van der Waals surface area contributed by atoms with Crippen LogP contribution in [-0.2, 0) is 11.2 Å². The van der Waals surface area contributed by atoms with Crippen molar-refractivity contribution in [2.45, 2.75) is 6.42 Å². The minimum Gasteiger partial charge on any atom is -0.496 e. The van der Waals surface area contributed by atoms with E-state index < -0.39 is 11.9 Å². The molecule has 0 aliphatic carbocycles. The first-order chi connectivity index (χ1) is 7.58. The molecule has 0 spiro atoms. The van der Waals surface area contributed by atoms with Gasteiger partial charge in [0.2, 0.25) is 0 Å². The quantitative estimate of drug-likeness (QED) is 0.823. The second kappa shape index (κ2) is 5.72. The van der Waals surface area contributed by atoms with Crippen LogP contribution in [0.15, 0.2) is 18.2 Å². The van der Waals surface area contributed by atoms with E-state index in [0.29, 0.717) is 17.2 Å². The van der Waals surface area contributed by atoms with Gasteiger partial charge in [-0.05, 0) is 30.2 Å². The molecule has 0 saturated carbocycles. The lowest BCUT2D eigenvalue weighted by Crippen LogP contribution is -2.25. The predicted octanol–water partition coefficient (Wildman–Crippen LogP) is 1.55. The Bertz CT molecular complexity index is 381. The number of ether oxygens (including phenoxy) is 1. The van der Waals surface area contributed by atoms with E-state index >= 15 is 0 Å². The number of methoxy groups -OCH3 is 1. The number of carboxylic acids is 1. The van der Waals surface area contributed by atoms with Crippen molar-refractivity contribution in [1.29, 1.82) is 0 Å². The van der Waals surface area contributed by atoms with Gasteiger partial charge in [-0.3, -0.25) is 4.79 Å². The molecule has 4 nitrogen and oxygen atoms in total. The van der Waals surface area contributed by atoms with Gasteiger partial charge in [0, 0.05) is 11.6 Å². The average Bonchev–Trinajstić information content (AvgIpc) is 2.25. The largest absolute Gasteiger partial charge is 0.496 e. The molecule has 0 saturated heterocycles. The van der Waals surface area contributed by atoms with E-state index in [9.17, 15) is 4.79 Å². The number of rotatable bonds is 5. The number of nitrogens with two attached hydrogens (primary N) is 1. The Labute approximate surface area is 99.0 Å². The highest BCUT2D eigenvalue weighted by molar-refractivity contribution is 6.30. The van der Waals surface area contributed by atoms with Gasteiger partial charge in [0.15, 0.2) is 0 Å². The van der Waals surface area contributed by atoms with Crippen molar-refractivity contribution in [3.8, 4) is 5.75 Å². The highest BCUT2D eigenvalue weighted by Gasteiger charge is 2.18. The molecule has 0 fully saturated rings. The second-order valence-electron chi connectivity index (χ2n) is 3.43. The summed E-state index contributed by atoms with van der Waals surface area (Å²) in [5.74, 6) is -0.902. The van der Waals surface area contributed by atoms with Crippen molar-refractivity contribution in [3.05, 3.63) is 28.8 Å². The summed E-state index contributed by atoms with van der Waals surface area (Å²) < 4.78 is 5.13. The van der Waals surface area contributed by atoms with Gasteiger partial charge in [-0.2, -0.15) is 0 Å². The van der Waals surface area contributed by atoms with Gasteiger partial charge >= 0.3 is 5.97 Å². The minimum absolute atomic E-state index is 0.0883. The van der Waals surface area contributed by atoms with Gasteiger partial charge in [0.05, 0.1) is 13.0 Å². The van der Waals surface area contributed by atoms with E-state index in [4.69, 9.17) is 27.2 Å². The van der Waals surface area contributed by atoms with Gasteiger partial charge in [-0.1, -0.05) is 11.6 Å². The third-order valence-electron chi connectivity index (χ3n) is 2.34. The number of hydrogen-bond donors (Lipinski definition) is 2. The molecule has 5 heteroatoms. The van der Waals surface area contributed by atoms with Crippen LogP contribution in [0.1, 0.15) is 5.56 Å². The van der Waals surface area contributed by atoms with Crippen LogP contribution in [0.3, 0.4) is 0 Å². The fourth-order valence-electron chi connectivity index (χ4n) is 1.44. The smallest absolute Gasteiger partial charge is 0.308 e. The monoisotopic (exact) mass is 243 g/mol. The average molecular weight is 244 g/mol. The molecule has 0 aliphatic heterocycles. The number of halogens is 1. The van der Waals surface area contributed by atoms with E-state index in [0.717, 1.165) is 5.56 Å². The summed E-state index contributed by atoms with van der Waals surface area (Å²) in [7, 11) is 1.53. The van der Waals surface area contributed by atoms with Crippen LogP contribution in [0.2, 0.25) is 5.02 Å². The van der Waals surface area contributed by atoms with Gasteiger partial charge in [0.25, 0.3) is 0 Å². The Balaban J connectivity index is 2.93. The summed E-state index contributed by atoms with van der Waals surface area (Å²) in [5, 5.41) is 9.47. The molecule has 3 N–H and O–H groups in total. The lowest BCUT2D eigenvalue weighted by molar-refractivity contribution is -0.141. The minimum atomic E-state index is -0.912. The van der Waals surface area contributed by atoms with Gasteiger partial charge in [-0.25, -0.2) is 0 Å². The van der Waals surface area contributed by atoms with Crippen LogP contribution >= 0.6 is 11.6 Å². The molecule has 0 radical (unpaired) electrons. The number of aliphatic carboxylic acids is 1. The van der Waals surface area contributed by atoms with Crippen molar-refractivity contribution < 1.29 is 14.6 Å². The van der Waals surface area contributed by atoms with Crippen LogP contribution in [0.5, 0.6) is 5.75 Å². The van der Waals surface area contributed by atoms with Crippen LogP contribution in [0, 0.1) is 5.92 Å². The Morgan fingerprint density at radius 1 is 1.62 bits per heavy atom. The summed E-state index contributed by atoms with van der Waals surface area (Å²) >= 11 is 5.85. The molecule has 0 unspecified atom stereocenters. The van der Waals surface area contributed by atoms with Gasteiger partial charge in [0.1, 0.15) is 5.75 Å². The molecular weight excluding hydrogens is 230 g/mol. The van der Waals surface area contributed by atoms with E-state index in [-0.39, 0.29) is 6.54 Å². The number of benzene rings is 1. The Hall–Kier alpha value is -1.26. The molecule has 1 aromatic rings. The van der Waals surface area contributed by atoms with Gasteiger partial charge in [-0.15, -0.1) is 0 Å². The third kappa shape index (κ3) is 3.12. The molecule has 1 aromatic carbocycles. The molecule has 0 aromatic heterocycles. The Morgan fingerprint density at radius 3 is 2.81 bits per heavy atom. The fourth-order valence-corrected chi connectivity index (χ4v) is 1.64. The van der Waals surface area contributed by atoms with Crippen molar-refractivity contribution in [2.75, 3.05) is 13.7 Å². The highest BCUT2D eigenvalue weighted by Crippen LogP contribution is 2.25. The summed E-state index contributed by atoms with van der Waals surface area (Å²) in [5.41, 5.74) is 6.15. The Morgan fingerprint density at radius 2 is 2.31 bits per heavy atom. The second-order valence-corrected chi connectivity index (χ2v) is 3.87. The van der Waals surface area contributed by atoms with Crippen LogP contribution in [-0.4, -0.2) is 24.7 Å². The normalized spacial score (nSPS) is 12.2. The van der Waals surface area contributed by atoms with Crippen LogP contribution in [0.25, 0.3) is 0 Å². The maximum Gasteiger partial charge on any atom is 0.308 e. The van der Waals surface area contributed by atoms with E-state index in [1.54, 1.807) is 18.2 Å². The Kier molecular flexibility index (Phi) is 4.58. The van der Waals surface area contributed by atoms with E-state index in [1.165, 1.54) is 7.11 Å². The standard InChI is InChI=1S/C11H14ClNO3/c1-16-10-3-2-9(12)5-7(10)4-8(6-13)11(14)15/h2-3,5,8H,4,6,13H2,1H3,(H,14,15)/t8-/m1/s1. The number of carbonyl (C=O) groups is 1. The molecule has 88 valence electrons. The lowest BCUT2D eigenvalue weighted by Gasteiger charge is -2.13. The fraction of sp³-hybridized carbons (Fsp3) is 0.364. The summed E-state index contributed by atoms with van der Waals surface area (Å²) in [6.45, 7) is 0.0883. The van der Waals surface area contributed by atoms with Crippen molar-refractivity contribution >= 4 is 17.6 Å². The first-order valence-corrected chi connectivity index (χ1v) is 5.21. The summed E-state index contributed by atoms with van der Waals surface area (Å²) in [6.07, 6.45) is 0.315. The summed E-state index contributed by atoms with van der Waals surface area (Å²) in [6, 6.07) is 5.11. The van der Waals surface area contributed by atoms with Crippen LogP contribution < -0.4 is 10.5 Å². The third-order valence-corrected chi connectivity index (χ3v) is 2.58. The first-order valence-electron chi connectivity index (χ1n) is 4.83. The van der Waals surface area contributed by atoms with Gasteiger partial charge < -0.3 is 15.6 Å². The molecule has 1 rings (SSSR count). The van der Waals surface area contributed by atoms with Crippen molar-refractivity contribution in [3.63, 3.8) is 0 Å². The maximum absolute atomic E-state index is 10.9. The molecule has 1 atom stereocenters. The number of hydrogen-bond acceptors (Lipinski definition) is 3. The zero-order chi connectivity index (χ0) is 12.1. The molecular formula is C11H14ClNO3. The van der Waals surface area contributed by atoms with E-state index in [2.05, 4.69) is 0 Å². The molecule has 0 bridgehead atoms. The molecule has 0 aliphatic rings. The topological polar surface area (TPSA) is 72.5 Å². The van der Waals surface area contributed by atoms with Crippen LogP contribution in [0.4, 0.5) is 0 Å².